The monoisotopic (exact) mass is 1340 g/mol. The predicted molar refractivity (Wildman–Crippen MR) is 422 cm³/mol. The highest BCUT2D eigenvalue weighted by Crippen LogP contribution is 2.44. The van der Waals surface area contributed by atoms with E-state index in [1.807, 2.05) is 189 Å². The van der Waals surface area contributed by atoms with Gasteiger partial charge in [-0.15, -0.1) is 0 Å². The standard InChI is InChI=1S/C94H66N8O2/c1-101(78-45-39-66(40-46-78)88-33-17-19-51-95-88)93(103)75-56-74(57-76(58-75)94(104)102(2)79-47-41-67(42-48-79)89-34-18-20-52-96-89)83-28-12-9-25-80(83)63-35-37-68(38-36-63)92-99-61-77(62-100-92)87-32-16-15-31-86(87)73-54-71(84-29-13-10-26-81(84)69-43-49-90(97-59-69)64-21-5-3-6-22-64)53-72(55-73)85-30-14-11-27-82(85)70-44-50-91(98-60-70)65-23-7-4-8-24-65/h3-62H,1-2H3. The Hall–Kier alpha value is -14.0. The number of pyridine rings is 4. The third-order valence-corrected chi connectivity index (χ3v) is 19.1. The fraction of sp³-hybridized carbons (Fsp3) is 0.0213. The van der Waals surface area contributed by atoms with E-state index in [4.69, 9.17) is 19.9 Å². The summed E-state index contributed by atoms with van der Waals surface area (Å²) in [4.78, 5) is 62.0. The number of anilines is 2. The van der Waals surface area contributed by atoms with Gasteiger partial charge in [0, 0.05) is 118 Å². The molecular weight excluding hydrogens is 1270 g/mol. The predicted octanol–water partition coefficient (Wildman–Crippen LogP) is 22.3. The highest BCUT2D eigenvalue weighted by Gasteiger charge is 2.24. The lowest BCUT2D eigenvalue weighted by molar-refractivity contribution is 0.0992. The van der Waals surface area contributed by atoms with Crippen LogP contribution in [0.25, 0.3) is 145 Å². The second-order valence-corrected chi connectivity index (χ2v) is 25.5. The molecule has 0 fully saturated rings. The highest BCUT2D eigenvalue weighted by atomic mass is 16.2. The van der Waals surface area contributed by atoms with E-state index < -0.39 is 0 Å². The van der Waals surface area contributed by atoms with E-state index in [-0.39, 0.29) is 11.8 Å². The fourth-order valence-corrected chi connectivity index (χ4v) is 13.6. The molecule has 16 aromatic rings. The molecule has 11 aromatic carbocycles. The van der Waals surface area contributed by atoms with Crippen LogP contribution in [0.4, 0.5) is 11.4 Å². The van der Waals surface area contributed by atoms with E-state index >= 15 is 0 Å². The zero-order valence-electron chi connectivity index (χ0n) is 57.0. The minimum atomic E-state index is -0.275. The van der Waals surface area contributed by atoms with Crippen LogP contribution in [0, 0.1) is 0 Å². The van der Waals surface area contributed by atoms with E-state index in [1.165, 1.54) is 0 Å². The Kier molecular flexibility index (Phi) is 18.1. The SMILES string of the molecule is CN(C(=O)c1cc(C(=O)N(C)c2ccc(-c3ccccn3)cc2)cc(-c2ccccc2-c2ccc(-c3ncc(-c4ccccc4-c4cc(-c5ccccc5-c5ccc(-c6ccccc6)nc5)cc(-c5ccccc5-c5ccc(-c6ccccc6)nc5)c4)cn3)cc2)c1)c1ccc(-c2ccccn2)cc1. The summed E-state index contributed by atoms with van der Waals surface area (Å²) in [5.41, 5.74) is 26.1. The molecule has 0 bridgehead atoms. The molecule has 5 heterocycles. The zero-order valence-corrected chi connectivity index (χ0v) is 57.0. The molecule has 10 nitrogen and oxygen atoms in total. The van der Waals surface area contributed by atoms with Crippen molar-refractivity contribution in [3.63, 3.8) is 0 Å². The molecule has 0 aliphatic carbocycles. The zero-order chi connectivity index (χ0) is 70.3. The van der Waals surface area contributed by atoms with Gasteiger partial charge in [0.2, 0.25) is 0 Å². The van der Waals surface area contributed by atoms with Crippen molar-refractivity contribution in [1.82, 2.24) is 29.9 Å². The number of nitrogens with zero attached hydrogens (tertiary/aromatic N) is 8. The van der Waals surface area contributed by atoms with Gasteiger partial charge in [-0.2, -0.15) is 0 Å². The molecule has 5 aromatic heterocycles. The molecule has 0 unspecified atom stereocenters. The van der Waals surface area contributed by atoms with Crippen molar-refractivity contribution in [1.29, 1.82) is 0 Å². The summed E-state index contributed by atoms with van der Waals surface area (Å²) in [6.07, 6.45) is 11.3. The van der Waals surface area contributed by atoms with Crippen molar-refractivity contribution in [2.24, 2.45) is 0 Å². The first-order valence-electron chi connectivity index (χ1n) is 34.5. The molecule has 2 amide bonds. The lowest BCUT2D eigenvalue weighted by Crippen LogP contribution is -2.28. The van der Waals surface area contributed by atoms with Gasteiger partial charge in [0.1, 0.15) is 0 Å². The van der Waals surface area contributed by atoms with Crippen LogP contribution in [0.15, 0.2) is 365 Å². The van der Waals surface area contributed by atoms with Gasteiger partial charge in [-0.25, -0.2) is 9.97 Å². The molecule has 16 rings (SSSR count). The molecular formula is C94H66N8O2. The van der Waals surface area contributed by atoms with Crippen molar-refractivity contribution in [3.05, 3.63) is 376 Å². The van der Waals surface area contributed by atoms with E-state index in [2.05, 4.69) is 168 Å². The first-order chi connectivity index (χ1) is 51.2. The minimum absolute atomic E-state index is 0.275. The summed E-state index contributed by atoms with van der Waals surface area (Å²) in [7, 11) is 3.50. The average Bonchev–Trinajstić information content (AvgIpc) is 0.782. The van der Waals surface area contributed by atoms with Crippen LogP contribution in [-0.4, -0.2) is 55.8 Å². The van der Waals surface area contributed by atoms with Gasteiger partial charge in [-0.05, 0) is 169 Å². The Morgan fingerprint density at radius 2 is 0.510 bits per heavy atom. The summed E-state index contributed by atoms with van der Waals surface area (Å²) >= 11 is 0. The van der Waals surface area contributed by atoms with Gasteiger partial charge in [0.05, 0.1) is 22.8 Å². The number of aromatic nitrogens is 6. The summed E-state index contributed by atoms with van der Waals surface area (Å²) in [6, 6.07) is 110. The lowest BCUT2D eigenvalue weighted by atomic mass is 9.86. The van der Waals surface area contributed by atoms with Crippen molar-refractivity contribution in [2.75, 3.05) is 23.9 Å². The Morgan fingerprint density at radius 1 is 0.221 bits per heavy atom. The van der Waals surface area contributed by atoms with E-state index in [0.29, 0.717) is 33.9 Å². The van der Waals surface area contributed by atoms with Crippen molar-refractivity contribution >= 4 is 23.2 Å². The summed E-state index contributed by atoms with van der Waals surface area (Å²) < 4.78 is 0. The lowest BCUT2D eigenvalue weighted by Gasteiger charge is -2.21. The third kappa shape index (κ3) is 13.5. The van der Waals surface area contributed by atoms with Gasteiger partial charge in [-0.1, -0.05) is 231 Å². The quantitative estimate of drug-likeness (QED) is 0.0885. The van der Waals surface area contributed by atoms with Gasteiger partial charge in [0.25, 0.3) is 11.8 Å². The molecule has 0 N–H and O–H groups in total. The number of amides is 2. The number of rotatable bonds is 17. The van der Waals surface area contributed by atoms with Crippen LogP contribution in [0.5, 0.6) is 0 Å². The summed E-state index contributed by atoms with van der Waals surface area (Å²) in [5.74, 6) is 0.0202. The molecule has 494 valence electrons. The maximum absolute atomic E-state index is 14.8. The number of carbonyl (C=O) groups excluding carboxylic acids is 2. The molecule has 0 saturated heterocycles. The molecule has 0 radical (unpaired) electrons. The number of hydrogen-bond acceptors (Lipinski definition) is 8. The highest BCUT2D eigenvalue weighted by molar-refractivity contribution is 6.12. The van der Waals surface area contributed by atoms with Crippen LogP contribution in [0.2, 0.25) is 0 Å². The molecule has 0 aliphatic heterocycles. The Bertz CT molecular complexity index is 5480. The van der Waals surface area contributed by atoms with Gasteiger partial charge in [-0.3, -0.25) is 29.5 Å². The van der Waals surface area contributed by atoms with Crippen LogP contribution in [0.1, 0.15) is 20.7 Å². The number of hydrogen-bond donors (Lipinski definition) is 0. The average molecular weight is 1340 g/mol. The van der Waals surface area contributed by atoms with E-state index in [1.54, 1.807) is 42.4 Å². The van der Waals surface area contributed by atoms with Gasteiger partial charge in [0.15, 0.2) is 5.82 Å². The second-order valence-electron chi connectivity index (χ2n) is 25.5. The van der Waals surface area contributed by atoms with Crippen LogP contribution in [0.3, 0.4) is 0 Å². The first kappa shape index (κ1) is 64.7. The van der Waals surface area contributed by atoms with E-state index in [9.17, 15) is 9.59 Å². The van der Waals surface area contributed by atoms with E-state index in [0.717, 1.165) is 134 Å². The Morgan fingerprint density at radius 3 is 0.875 bits per heavy atom. The molecule has 0 aliphatic rings. The smallest absolute Gasteiger partial charge is 0.258 e. The summed E-state index contributed by atoms with van der Waals surface area (Å²) in [6.45, 7) is 0. The maximum Gasteiger partial charge on any atom is 0.258 e. The molecule has 0 saturated carbocycles. The molecule has 0 atom stereocenters. The Balaban J connectivity index is 0.720. The van der Waals surface area contributed by atoms with Crippen molar-refractivity contribution in [3.8, 4) is 145 Å². The van der Waals surface area contributed by atoms with Crippen LogP contribution < -0.4 is 9.80 Å². The molecule has 104 heavy (non-hydrogen) atoms. The number of carbonyl (C=O) groups is 2. The third-order valence-electron chi connectivity index (χ3n) is 19.1. The summed E-state index contributed by atoms with van der Waals surface area (Å²) in [5, 5.41) is 0. The van der Waals surface area contributed by atoms with Crippen LogP contribution >= 0.6 is 0 Å². The first-order valence-corrected chi connectivity index (χ1v) is 34.5. The van der Waals surface area contributed by atoms with Crippen molar-refractivity contribution < 1.29 is 9.59 Å². The largest absolute Gasteiger partial charge is 0.311 e. The molecule has 0 spiro atoms. The maximum atomic E-state index is 14.8. The normalized spacial score (nSPS) is 11.1. The van der Waals surface area contributed by atoms with Crippen LogP contribution in [-0.2, 0) is 0 Å². The Labute approximate surface area is 604 Å². The van der Waals surface area contributed by atoms with Crippen molar-refractivity contribution in [2.45, 2.75) is 0 Å². The second kappa shape index (κ2) is 29.1. The van der Waals surface area contributed by atoms with Gasteiger partial charge < -0.3 is 9.80 Å². The molecule has 10 heteroatoms. The number of benzene rings is 11. The topological polar surface area (TPSA) is 118 Å². The van der Waals surface area contributed by atoms with Gasteiger partial charge >= 0.3 is 0 Å². The fourth-order valence-electron chi connectivity index (χ4n) is 13.6. The minimum Gasteiger partial charge on any atom is -0.311 e.